The largest absolute Gasteiger partial charge is 0.342 e. The molecule has 0 aromatic carbocycles. The molecule has 4 heterocycles. The Morgan fingerprint density at radius 3 is 3.08 bits per heavy atom. The lowest BCUT2D eigenvalue weighted by atomic mass is 9.75. The average Bonchev–Trinajstić information content (AvgIpc) is 3.07. The number of aromatic nitrogens is 3. The van der Waals surface area contributed by atoms with Crippen LogP contribution in [0.2, 0.25) is 0 Å². The van der Waals surface area contributed by atoms with Crippen LogP contribution in [0.5, 0.6) is 0 Å². The van der Waals surface area contributed by atoms with Crippen molar-refractivity contribution in [1.82, 2.24) is 19.9 Å². The first-order valence-corrected chi connectivity index (χ1v) is 9.71. The van der Waals surface area contributed by atoms with Crippen molar-refractivity contribution in [3.8, 4) is 0 Å². The highest BCUT2D eigenvalue weighted by atomic mass is 16.2. The molecule has 3 fully saturated rings. The monoisotopic (exact) mass is 346 g/mol. The smallest absolute Gasteiger partial charge is 0.231 e. The minimum absolute atomic E-state index is 0.181. The van der Waals surface area contributed by atoms with Crippen LogP contribution >= 0.6 is 0 Å². The van der Waals surface area contributed by atoms with E-state index in [-0.39, 0.29) is 5.92 Å². The summed E-state index contributed by atoms with van der Waals surface area (Å²) in [4.78, 5) is 16.1. The number of aryl methyl sites for hydroxylation is 1. The lowest BCUT2D eigenvalue weighted by Crippen LogP contribution is -3.20. The first-order chi connectivity index (χ1) is 12.1. The quantitative estimate of drug-likeness (QED) is 0.700. The maximum Gasteiger partial charge on any atom is 0.231 e. The highest BCUT2D eigenvalue weighted by Crippen LogP contribution is 2.28. The van der Waals surface area contributed by atoms with Gasteiger partial charge < -0.3 is 9.80 Å². The summed E-state index contributed by atoms with van der Waals surface area (Å²) in [5.41, 5.74) is 1.10. The van der Waals surface area contributed by atoms with Crippen molar-refractivity contribution in [2.24, 2.45) is 11.8 Å². The fourth-order valence-electron chi connectivity index (χ4n) is 4.49. The van der Waals surface area contributed by atoms with Gasteiger partial charge in [-0.1, -0.05) is 24.6 Å². The van der Waals surface area contributed by atoms with E-state index in [0.29, 0.717) is 24.4 Å². The summed E-state index contributed by atoms with van der Waals surface area (Å²) in [7, 11) is 1.89. The molecule has 0 radical (unpaired) electrons. The second kappa shape index (κ2) is 8.13. The molecule has 1 unspecified atom stereocenters. The molecule has 1 amide bonds. The number of carbonyl (C=O) groups excluding carboxylic acids is 1. The summed E-state index contributed by atoms with van der Waals surface area (Å²) in [5, 5.41) is 8.62. The van der Waals surface area contributed by atoms with E-state index in [4.69, 9.17) is 0 Å². The van der Waals surface area contributed by atoms with Crippen LogP contribution in [0.1, 0.15) is 38.3 Å². The zero-order chi connectivity index (χ0) is 17.8. The molecule has 2 bridgehead atoms. The van der Waals surface area contributed by atoms with Crippen molar-refractivity contribution < 1.29 is 9.69 Å². The fourth-order valence-corrected chi connectivity index (χ4v) is 4.49. The van der Waals surface area contributed by atoms with Crippen LogP contribution in [-0.4, -0.2) is 58.5 Å². The van der Waals surface area contributed by atoms with Crippen molar-refractivity contribution in [1.29, 1.82) is 0 Å². The van der Waals surface area contributed by atoms with Gasteiger partial charge in [0.2, 0.25) is 5.91 Å². The van der Waals surface area contributed by atoms with Gasteiger partial charge in [-0.2, -0.15) is 0 Å². The van der Waals surface area contributed by atoms with Crippen LogP contribution in [0, 0.1) is 11.8 Å². The lowest BCUT2D eigenvalue weighted by Gasteiger charge is -2.46. The highest BCUT2D eigenvalue weighted by Gasteiger charge is 2.47. The number of rotatable bonds is 8. The van der Waals surface area contributed by atoms with Crippen molar-refractivity contribution in [3.63, 3.8) is 0 Å². The molecule has 3 saturated heterocycles. The Morgan fingerprint density at radius 1 is 1.56 bits per heavy atom. The lowest BCUT2D eigenvalue weighted by molar-refractivity contribution is -0.945. The number of fused-ring (bicyclic) bond motifs is 3. The molecule has 4 atom stereocenters. The standard InChI is InChI=1S/C19H31N5O/c1-4-6-7-16-12-24(21-20-16)13-17-11-15-8-10-23(17)14-18(15)19(25)22(3)9-5-2/h5,12,15,17-18H,2,4,6-11,13-14H2,1,3H3/p+1/t15-,17-,18+/m1/s1. The van der Waals surface area contributed by atoms with Crippen LogP contribution < -0.4 is 4.90 Å². The van der Waals surface area contributed by atoms with E-state index in [1.54, 1.807) is 11.0 Å². The second-order valence-corrected chi connectivity index (χ2v) is 7.74. The number of amides is 1. The van der Waals surface area contributed by atoms with Crippen molar-refractivity contribution in [3.05, 3.63) is 24.5 Å². The molecule has 1 aromatic heterocycles. The Hall–Kier alpha value is -1.69. The van der Waals surface area contributed by atoms with E-state index in [1.807, 2.05) is 16.6 Å². The fraction of sp³-hybridized carbons (Fsp3) is 0.737. The molecular formula is C19H32N5O+. The molecule has 4 rings (SSSR count). The molecule has 3 aliphatic heterocycles. The highest BCUT2D eigenvalue weighted by molar-refractivity contribution is 5.79. The third kappa shape index (κ3) is 4.11. The Labute approximate surface area is 150 Å². The van der Waals surface area contributed by atoms with Gasteiger partial charge in [0.15, 0.2) is 0 Å². The average molecular weight is 346 g/mol. The zero-order valence-corrected chi connectivity index (χ0v) is 15.7. The summed E-state index contributed by atoms with van der Waals surface area (Å²) >= 11 is 0. The third-order valence-electron chi connectivity index (χ3n) is 5.93. The maximum absolute atomic E-state index is 12.7. The summed E-state index contributed by atoms with van der Waals surface area (Å²) < 4.78 is 2.02. The molecular weight excluding hydrogens is 314 g/mol. The van der Waals surface area contributed by atoms with Crippen LogP contribution in [0.4, 0.5) is 0 Å². The normalized spacial score (nSPS) is 28.1. The molecule has 0 aliphatic carbocycles. The number of hydrogen-bond donors (Lipinski definition) is 1. The van der Waals surface area contributed by atoms with Gasteiger partial charge in [0, 0.05) is 32.6 Å². The van der Waals surface area contributed by atoms with E-state index in [1.165, 1.54) is 25.8 Å². The third-order valence-corrected chi connectivity index (χ3v) is 5.93. The van der Waals surface area contributed by atoms with Crippen LogP contribution in [-0.2, 0) is 17.8 Å². The molecule has 6 heteroatoms. The van der Waals surface area contributed by atoms with Crippen LogP contribution in [0.25, 0.3) is 0 Å². The molecule has 1 N–H and O–H groups in total. The van der Waals surface area contributed by atoms with Gasteiger partial charge in [0.25, 0.3) is 0 Å². The van der Waals surface area contributed by atoms with E-state index in [9.17, 15) is 4.79 Å². The topological polar surface area (TPSA) is 55.5 Å². The second-order valence-electron chi connectivity index (χ2n) is 7.74. The van der Waals surface area contributed by atoms with Gasteiger partial charge in [-0.05, 0) is 18.8 Å². The van der Waals surface area contributed by atoms with Crippen molar-refractivity contribution >= 4 is 5.91 Å². The van der Waals surface area contributed by atoms with Gasteiger partial charge >= 0.3 is 0 Å². The Balaban J connectivity index is 1.58. The van der Waals surface area contributed by atoms with Crippen LogP contribution in [0.15, 0.2) is 18.9 Å². The molecule has 0 saturated carbocycles. The predicted octanol–water partition coefficient (Wildman–Crippen LogP) is 0.558. The van der Waals surface area contributed by atoms with Gasteiger partial charge in [-0.15, -0.1) is 11.7 Å². The molecule has 3 aliphatic rings. The summed E-state index contributed by atoms with van der Waals surface area (Å²) in [6.07, 6.45) is 9.58. The van der Waals surface area contributed by atoms with Gasteiger partial charge in [0.05, 0.1) is 31.2 Å². The number of hydrogen-bond acceptors (Lipinski definition) is 3. The number of carbonyl (C=O) groups is 1. The Kier molecular flexibility index (Phi) is 5.89. The molecule has 6 nitrogen and oxygen atoms in total. The van der Waals surface area contributed by atoms with E-state index in [2.05, 4.69) is 30.0 Å². The molecule has 138 valence electrons. The Morgan fingerprint density at radius 2 is 2.40 bits per heavy atom. The number of likely N-dealkylation sites (N-methyl/N-ethyl adjacent to an activating group) is 1. The minimum Gasteiger partial charge on any atom is -0.342 e. The zero-order valence-electron chi connectivity index (χ0n) is 15.7. The number of unbranched alkanes of at least 4 members (excludes halogenated alkanes) is 1. The number of quaternary nitrogens is 1. The maximum atomic E-state index is 12.7. The van der Waals surface area contributed by atoms with Gasteiger partial charge in [-0.3, -0.25) is 4.79 Å². The van der Waals surface area contributed by atoms with Crippen LogP contribution in [0.3, 0.4) is 0 Å². The van der Waals surface area contributed by atoms with E-state index >= 15 is 0 Å². The summed E-state index contributed by atoms with van der Waals surface area (Å²) in [6, 6.07) is 0.563. The molecule has 25 heavy (non-hydrogen) atoms. The first-order valence-electron chi connectivity index (χ1n) is 9.71. The van der Waals surface area contributed by atoms with Crippen molar-refractivity contribution in [2.75, 3.05) is 26.7 Å². The number of piperidine rings is 3. The SMILES string of the molecule is C=CCN(C)C(=O)[C@H]1C[NH+]2CC[C@@H]1C[C@@H]2Cn1cc(CCCC)nn1. The van der Waals surface area contributed by atoms with Crippen molar-refractivity contribution in [2.45, 2.75) is 51.6 Å². The number of nitrogens with zero attached hydrogens (tertiary/aromatic N) is 4. The van der Waals surface area contributed by atoms with E-state index in [0.717, 1.165) is 31.6 Å². The van der Waals surface area contributed by atoms with Gasteiger partial charge in [-0.25, -0.2) is 4.68 Å². The Bertz CT molecular complexity index is 598. The summed E-state index contributed by atoms with van der Waals surface area (Å²) in [5.74, 6) is 0.995. The predicted molar refractivity (Wildman–Crippen MR) is 97.2 cm³/mol. The van der Waals surface area contributed by atoms with E-state index < -0.39 is 0 Å². The van der Waals surface area contributed by atoms with Gasteiger partial charge in [0.1, 0.15) is 6.04 Å². The minimum atomic E-state index is 0.181. The molecule has 0 spiro atoms. The summed E-state index contributed by atoms with van der Waals surface area (Å²) in [6.45, 7) is 9.65. The molecule has 1 aromatic rings. The number of nitrogens with one attached hydrogen (secondary N) is 1. The first kappa shape index (κ1) is 18.1.